The molecule has 0 aliphatic heterocycles. The van der Waals surface area contributed by atoms with E-state index < -0.39 is 12.1 Å². The fourth-order valence-electron chi connectivity index (χ4n) is 1.27. The van der Waals surface area contributed by atoms with Crippen LogP contribution in [0.1, 0.15) is 0 Å². The number of rotatable bonds is 1. The van der Waals surface area contributed by atoms with Crippen molar-refractivity contribution in [3.63, 3.8) is 0 Å². The summed E-state index contributed by atoms with van der Waals surface area (Å²) in [4.78, 5) is 14.5. The number of hydrogen-bond acceptors (Lipinski definition) is 3. The highest BCUT2D eigenvalue weighted by Crippen LogP contribution is 2.22. The Kier molecular flexibility index (Phi) is 2.71. The molecule has 17 heavy (non-hydrogen) atoms. The van der Waals surface area contributed by atoms with E-state index in [1.54, 1.807) is 12.1 Å². The number of halogens is 3. The molecule has 0 unspecified atom stereocenters. The van der Waals surface area contributed by atoms with Gasteiger partial charge in [0.25, 0.3) is 0 Å². The van der Waals surface area contributed by atoms with Crippen molar-refractivity contribution < 1.29 is 22.7 Å². The molecule has 1 aromatic carbocycles. The van der Waals surface area contributed by atoms with E-state index in [1.807, 2.05) is 0 Å². The van der Waals surface area contributed by atoms with E-state index >= 15 is 0 Å². The average molecular weight is 241 g/mol. The Hall–Kier alpha value is -2.11. The number of aromatic nitrogens is 1. The highest BCUT2D eigenvalue weighted by atomic mass is 19.4. The predicted octanol–water partition coefficient (Wildman–Crippen LogP) is 2.70. The third-order valence-corrected chi connectivity index (χ3v) is 2.02. The van der Waals surface area contributed by atoms with Crippen molar-refractivity contribution in [2.75, 3.05) is 0 Å². The molecular weight excluding hydrogens is 235 g/mol. The van der Waals surface area contributed by atoms with Gasteiger partial charge in [-0.05, 0) is 18.2 Å². The molecule has 3 nitrogen and oxygen atoms in total. The Morgan fingerprint density at radius 1 is 1.24 bits per heavy atom. The molecule has 0 aliphatic carbocycles. The predicted molar refractivity (Wildman–Crippen MR) is 53.4 cm³/mol. The summed E-state index contributed by atoms with van der Waals surface area (Å²) < 4.78 is 40.1. The van der Waals surface area contributed by atoms with Gasteiger partial charge in [-0.25, -0.2) is 4.79 Å². The summed E-state index contributed by atoms with van der Waals surface area (Å²) in [6.07, 6.45) is -3.50. The number of nitrogens with zero attached hydrogens (tertiary/aromatic N) is 1. The minimum Gasteiger partial charge on any atom is -0.420 e. The summed E-state index contributed by atoms with van der Waals surface area (Å²) in [5, 5.41) is 0.749. The zero-order chi connectivity index (χ0) is 12.5. The van der Waals surface area contributed by atoms with Gasteiger partial charge >= 0.3 is 12.1 Å². The second-order valence-electron chi connectivity index (χ2n) is 3.25. The lowest BCUT2D eigenvalue weighted by Gasteiger charge is -2.07. The van der Waals surface area contributed by atoms with E-state index in [0.29, 0.717) is 5.52 Å². The van der Waals surface area contributed by atoms with Crippen molar-refractivity contribution in [1.82, 2.24) is 4.98 Å². The summed E-state index contributed by atoms with van der Waals surface area (Å²) in [5.41, 5.74) is 0.458. The smallest absolute Gasteiger partial charge is 0.420 e. The van der Waals surface area contributed by atoms with Gasteiger partial charge in [-0.1, -0.05) is 6.07 Å². The Labute approximate surface area is 93.8 Å². The molecule has 0 saturated carbocycles. The van der Waals surface area contributed by atoms with Crippen LogP contribution in [-0.2, 0) is 4.79 Å². The zero-order valence-electron chi connectivity index (χ0n) is 8.36. The van der Waals surface area contributed by atoms with E-state index in [9.17, 15) is 18.0 Å². The summed E-state index contributed by atoms with van der Waals surface area (Å²) in [6, 6.07) is 7.54. The fraction of sp³-hybridized carbons (Fsp3) is 0.0909. The number of alkyl halides is 3. The standard InChI is InChI=1S/C11H6F3NO2/c12-11(13,14)10(16)17-8-4-3-7-2-1-5-15-9(7)6-8/h1-6H. The summed E-state index contributed by atoms with van der Waals surface area (Å²) in [5.74, 6) is -2.42. The Morgan fingerprint density at radius 3 is 2.71 bits per heavy atom. The quantitative estimate of drug-likeness (QED) is 0.569. The number of fused-ring (bicyclic) bond motifs is 1. The molecule has 0 bridgehead atoms. The summed E-state index contributed by atoms with van der Waals surface area (Å²) >= 11 is 0. The Balaban J connectivity index is 2.29. The zero-order valence-corrected chi connectivity index (χ0v) is 8.36. The normalized spacial score (nSPS) is 11.5. The fourth-order valence-corrected chi connectivity index (χ4v) is 1.27. The summed E-state index contributed by atoms with van der Waals surface area (Å²) in [6.45, 7) is 0. The molecule has 0 fully saturated rings. The number of esters is 1. The van der Waals surface area contributed by atoms with Gasteiger partial charge in [0.15, 0.2) is 0 Å². The number of ether oxygens (including phenoxy) is 1. The molecule has 0 spiro atoms. The van der Waals surface area contributed by atoms with E-state index in [2.05, 4.69) is 9.72 Å². The van der Waals surface area contributed by atoms with Crippen LogP contribution in [0, 0.1) is 0 Å². The maximum Gasteiger partial charge on any atom is 0.491 e. The van der Waals surface area contributed by atoms with Gasteiger partial charge in [0.1, 0.15) is 5.75 Å². The molecule has 2 rings (SSSR count). The van der Waals surface area contributed by atoms with Crippen molar-refractivity contribution in [1.29, 1.82) is 0 Å². The van der Waals surface area contributed by atoms with Crippen LogP contribution >= 0.6 is 0 Å². The minimum atomic E-state index is -5.00. The highest BCUT2D eigenvalue weighted by Gasteiger charge is 2.41. The van der Waals surface area contributed by atoms with E-state index in [-0.39, 0.29) is 5.75 Å². The lowest BCUT2D eigenvalue weighted by Crippen LogP contribution is -2.27. The van der Waals surface area contributed by atoms with Crippen molar-refractivity contribution in [2.24, 2.45) is 0 Å². The van der Waals surface area contributed by atoms with Crippen LogP contribution in [0.3, 0.4) is 0 Å². The van der Waals surface area contributed by atoms with E-state index in [1.165, 1.54) is 24.4 Å². The van der Waals surface area contributed by atoms with Crippen molar-refractivity contribution in [3.05, 3.63) is 36.5 Å². The van der Waals surface area contributed by atoms with Gasteiger partial charge in [-0.2, -0.15) is 13.2 Å². The highest BCUT2D eigenvalue weighted by molar-refractivity contribution is 5.82. The first kappa shape index (κ1) is 11.4. The molecule has 1 heterocycles. The van der Waals surface area contributed by atoms with Crippen molar-refractivity contribution in [3.8, 4) is 5.75 Å². The van der Waals surface area contributed by atoms with Crippen LogP contribution in [0.2, 0.25) is 0 Å². The molecule has 0 amide bonds. The minimum absolute atomic E-state index is 0.182. The molecule has 6 heteroatoms. The second-order valence-corrected chi connectivity index (χ2v) is 3.25. The van der Waals surface area contributed by atoms with E-state index in [4.69, 9.17) is 0 Å². The maximum absolute atomic E-state index is 12.0. The van der Waals surface area contributed by atoms with Crippen LogP contribution in [0.4, 0.5) is 13.2 Å². The van der Waals surface area contributed by atoms with E-state index in [0.717, 1.165) is 5.39 Å². The van der Waals surface area contributed by atoms with Crippen LogP contribution < -0.4 is 4.74 Å². The maximum atomic E-state index is 12.0. The third kappa shape index (κ3) is 2.52. The third-order valence-electron chi connectivity index (χ3n) is 2.02. The Bertz CT molecular complexity index is 566. The lowest BCUT2D eigenvalue weighted by atomic mass is 10.2. The molecule has 0 radical (unpaired) electrons. The SMILES string of the molecule is O=C(Oc1ccc2cccnc2c1)C(F)(F)F. The molecule has 0 saturated heterocycles. The number of benzene rings is 1. The molecule has 0 atom stereocenters. The number of pyridine rings is 1. The summed E-state index contributed by atoms with van der Waals surface area (Å²) in [7, 11) is 0. The lowest BCUT2D eigenvalue weighted by molar-refractivity contribution is -0.189. The molecular formula is C11H6F3NO2. The van der Waals surface area contributed by atoms with Gasteiger partial charge in [0.05, 0.1) is 5.52 Å². The number of hydrogen-bond donors (Lipinski definition) is 0. The van der Waals surface area contributed by atoms with Gasteiger partial charge < -0.3 is 4.74 Å². The largest absolute Gasteiger partial charge is 0.491 e. The molecule has 0 aliphatic rings. The van der Waals surface area contributed by atoms with Crippen LogP contribution in [-0.4, -0.2) is 17.1 Å². The van der Waals surface area contributed by atoms with Crippen molar-refractivity contribution >= 4 is 16.9 Å². The first-order chi connectivity index (χ1) is 7.97. The average Bonchev–Trinajstić information content (AvgIpc) is 2.27. The molecule has 88 valence electrons. The number of carbonyl (C=O) groups is 1. The first-order valence-electron chi connectivity index (χ1n) is 4.60. The first-order valence-corrected chi connectivity index (χ1v) is 4.60. The van der Waals surface area contributed by atoms with Gasteiger partial charge in [-0.15, -0.1) is 0 Å². The second kappa shape index (κ2) is 4.04. The monoisotopic (exact) mass is 241 g/mol. The van der Waals surface area contributed by atoms with Crippen LogP contribution in [0.5, 0.6) is 5.75 Å². The van der Waals surface area contributed by atoms with Gasteiger partial charge in [-0.3, -0.25) is 4.98 Å². The molecule has 0 N–H and O–H groups in total. The molecule has 1 aromatic heterocycles. The Morgan fingerprint density at radius 2 is 2.00 bits per heavy atom. The topological polar surface area (TPSA) is 39.2 Å². The van der Waals surface area contributed by atoms with Crippen LogP contribution in [0.15, 0.2) is 36.5 Å². The molecule has 2 aromatic rings. The number of carbonyl (C=O) groups excluding carboxylic acids is 1. The van der Waals surface area contributed by atoms with Gasteiger partial charge in [0.2, 0.25) is 0 Å². The van der Waals surface area contributed by atoms with Gasteiger partial charge in [0, 0.05) is 17.6 Å². The van der Waals surface area contributed by atoms with Crippen molar-refractivity contribution in [2.45, 2.75) is 6.18 Å². The van der Waals surface area contributed by atoms with Crippen LogP contribution in [0.25, 0.3) is 10.9 Å².